The zero-order valence-electron chi connectivity index (χ0n) is 11.3. The van der Waals surface area contributed by atoms with Gasteiger partial charge in [-0.2, -0.15) is 26.3 Å². The SMILES string of the molecule is CCC(C)N[Si](NC(C)CC)(C(F)(F)F)C(F)(F)F. The van der Waals surface area contributed by atoms with Gasteiger partial charge < -0.3 is 9.96 Å². The summed E-state index contributed by atoms with van der Waals surface area (Å²) in [4.78, 5) is 3.61. The van der Waals surface area contributed by atoms with E-state index in [1.54, 1.807) is 9.96 Å². The summed E-state index contributed by atoms with van der Waals surface area (Å²) in [5.74, 6) is -10.7. The molecule has 0 amide bonds. The summed E-state index contributed by atoms with van der Waals surface area (Å²) in [6.07, 6.45) is 0.367. The van der Waals surface area contributed by atoms with Crippen molar-refractivity contribution in [3.8, 4) is 0 Å². The van der Waals surface area contributed by atoms with Crippen LogP contribution in [0.5, 0.6) is 0 Å². The van der Waals surface area contributed by atoms with Gasteiger partial charge in [0.2, 0.25) is 0 Å². The number of rotatable bonds is 6. The molecular formula is C10H20F6N2Si. The third-order valence-electron chi connectivity index (χ3n) is 3.00. The molecule has 2 unspecified atom stereocenters. The first-order valence-electron chi connectivity index (χ1n) is 6.10. The van der Waals surface area contributed by atoms with Crippen molar-refractivity contribution in [3.05, 3.63) is 0 Å². The second kappa shape index (κ2) is 6.44. The largest absolute Gasteiger partial charge is 0.445 e. The van der Waals surface area contributed by atoms with Crippen LogP contribution in [0.15, 0.2) is 0 Å². The van der Waals surface area contributed by atoms with Gasteiger partial charge in [0.05, 0.1) is 0 Å². The molecule has 0 saturated heterocycles. The van der Waals surface area contributed by atoms with Gasteiger partial charge in [-0.15, -0.1) is 0 Å². The van der Waals surface area contributed by atoms with E-state index in [1.165, 1.54) is 27.7 Å². The number of nitrogens with one attached hydrogen (secondary N) is 2. The van der Waals surface area contributed by atoms with Crippen LogP contribution in [0.4, 0.5) is 26.3 Å². The number of hydrogen-bond donors (Lipinski definition) is 2. The standard InChI is InChI=1S/C10H20F6N2Si/c1-5-7(3)17-19(9(11,12)13,10(14,15)16)18-8(4)6-2/h7-8,17-18H,5-6H2,1-4H3. The van der Waals surface area contributed by atoms with Crippen LogP contribution < -0.4 is 9.96 Å². The van der Waals surface area contributed by atoms with E-state index in [0.717, 1.165) is 0 Å². The fourth-order valence-corrected chi connectivity index (χ4v) is 4.42. The molecule has 0 spiro atoms. The van der Waals surface area contributed by atoms with Crippen LogP contribution in [0, 0.1) is 0 Å². The van der Waals surface area contributed by atoms with Crippen LogP contribution in [-0.4, -0.2) is 32.1 Å². The Morgan fingerprint density at radius 3 is 1.21 bits per heavy atom. The summed E-state index contributed by atoms with van der Waals surface area (Å²) in [6.45, 7) is 5.70. The fourth-order valence-electron chi connectivity index (χ4n) is 1.47. The summed E-state index contributed by atoms with van der Waals surface area (Å²) < 4.78 is 78.5. The van der Waals surface area contributed by atoms with Crippen LogP contribution in [-0.2, 0) is 0 Å². The molecule has 0 fully saturated rings. The molecule has 116 valence electrons. The number of alkyl halides is 6. The van der Waals surface area contributed by atoms with Crippen LogP contribution >= 0.6 is 0 Å². The molecule has 0 aromatic heterocycles. The molecule has 0 bridgehead atoms. The molecule has 0 aliphatic carbocycles. The molecule has 0 aliphatic rings. The Morgan fingerprint density at radius 1 is 0.789 bits per heavy atom. The van der Waals surface area contributed by atoms with Crippen molar-refractivity contribution in [2.45, 2.75) is 64.2 Å². The molecule has 0 aliphatic heterocycles. The topological polar surface area (TPSA) is 24.1 Å². The van der Waals surface area contributed by atoms with E-state index < -0.39 is 32.1 Å². The Hall–Kier alpha value is -0.283. The highest BCUT2D eigenvalue weighted by atomic mass is 28.4. The average Bonchev–Trinajstić information content (AvgIpc) is 2.24. The van der Waals surface area contributed by atoms with E-state index in [9.17, 15) is 26.3 Å². The Bertz CT molecular complexity index is 250. The smallest absolute Gasteiger partial charge is 0.310 e. The second-order valence-corrected chi connectivity index (χ2v) is 7.86. The molecular weight excluding hydrogens is 290 g/mol. The summed E-state index contributed by atoms with van der Waals surface area (Å²) in [6, 6.07) is -1.74. The Balaban J connectivity index is 5.61. The lowest BCUT2D eigenvalue weighted by molar-refractivity contribution is -0.122. The highest BCUT2D eigenvalue weighted by Crippen LogP contribution is 2.38. The molecule has 0 saturated carbocycles. The first kappa shape index (κ1) is 18.7. The first-order valence-corrected chi connectivity index (χ1v) is 8.10. The van der Waals surface area contributed by atoms with E-state index in [1.807, 2.05) is 0 Å². The van der Waals surface area contributed by atoms with Crippen LogP contribution in [0.25, 0.3) is 0 Å². The summed E-state index contributed by atoms with van der Waals surface area (Å²) >= 11 is 0. The normalized spacial score (nSPS) is 17.4. The van der Waals surface area contributed by atoms with Gasteiger partial charge in [-0.25, -0.2) is 0 Å². The summed E-state index contributed by atoms with van der Waals surface area (Å²) in [5, 5.41) is 0. The quantitative estimate of drug-likeness (QED) is 0.580. The summed E-state index contributed by atoms with van der Waals surface area (Å²) in [5.41, 5.74) is 0. The van der Waals surface area contributed by atoms with Crippen molar-refractivity contribution in [2.75, 3.05) is 0 Å². The van der Waals surface area contributed by atoms with E-state index in [2.05, 4.69) is 0 Å². The number of halogens is 6. The highest BCUT2D eigenvalue weighted by Gasteiger charge is 2.75. The third kappa shape index (κ3) is 4.35. The van der Waals surface area contributed by atoms with Gasteiger partial charge in [-0.1, -0.05) is 27.7 Å². The van der Waals surface area contributed by atoms with E-state index in [-0.39, 0.29) is 12.8 Å². The van der Waals surface area contributed by atoms with Gasteiger partial charge in [0.25, 0.3) is 0 Å². The Labute approximate surface area is 110 Å². The van der Waals surface area contributed by atoms with Gasteiger partial charge in [-0.05, 0) is 24.9 Å². The zero-order valence-corrected chi connectivity index (χ0v) is 12.3. The average molecular weight is 310 g/mol. The predicted octanol–water partition coefficient (Wildman–Crippen LogP) is 3.41. The minimum Gasteiger partial charge on any atom is -0.310 e. The van der Waals surface area contributed by atoms with Gasteiger partial charge in [0.15, 0.2) is 0 Å². The van der Waals surface area contributed by atoms with Gasteiger partial charge in [0, 0.05) is 0 Å². The van der Waals surface area contributed by atoms with Crippen molar-refractivity contribution in [1.29, 1.82) is 0 Å². The lowest BCUT2D eigenvalue weighted by Crippen LogP contribution is -2.82. The van der Waals surface area contributed by atoms with E-state index in [0.29, 0.717) is 0 Å². The van der Waals surface area contributed by atoms with Crippen molar-refractivity contribution in [3.63, 3.8) is 0 Å². The molecule has 0 aromatic rings. The molecule has 0 aromatic carbocycles. The number of hydrogen-bond acceptors (Lipinski definition) is 2. The third-order valence-corrected chi connectivity index (χ3v) is 6.55. The van der Waals surface area contributed by atoms with Crippen molar-refractivity contribution in [2.24, 2.45) is 0 Å². The lowest BCUT2D eigenvalue weighted by Gasteiger charge is -2.39. The molecule has 2 nitrogen and oxygen atoms in total. The minimum atomic E-state index is -5.87. The fraction of sp³-hybridized carbons (Fsp3) is 1.00. The predicted molar refractivity (Wildman–Crippen MR) is 63.6 cm³/mol. The highest BCUT2D eigenvalue weighted by molar-refractivity contribution is 6.79. The maximum Gasteiger partial charge on any atom is 0.445 e. The van der Waals surface area contributed by atoms with Gasteiger partial charge >= 0.3 is 20.0 Å². The molecule has 9 heteroatoms. The van der Waals surface area contributed by atoms with Gasteiger partial charge in [0.1, 0.15) is 0 Å². The Kier molecular flexibility index (Phi) is 6.35. The van der Waals surface area contributed by atoms with Crippen LogP contribution in [0.2, 0.25) is 0 Å². The minimum absolute atomic E-state index is 0.184. The van der Waals surface area contributed by atoms with Crippen molar-refractivity contribution in [1.82, 2.24) is 9.96 Å². The monoisotopic (exact) mass is 310 g/mol. The Morgan fingerprint density at radius 2 is 1.05 bits per heavy atom. The molecule has 0 radical (unpaired) electrons. The van der Waals surface area contributed by atoms with Crippen LogP contribution in [0.3, 0.4) is 0 Å². The molecule has 0 rings (SSSR count). The first-order chi connectivity index (χ1) is 8.41. The lowest BCUT2D eigenvalue weighted by atomic mass is 10.3. The molecule has 19 heavy (non-hydrogen) atoms. The maximum absolute atomic E-state index is 13.1. The van der Waals surface area contributed by atoms with Crippen molar-refractivity contribution < 1.29 is 26.3 Å². The maximum atomic E-state index is 13.1. The molecule has 2 N–H and O–H groups in total. The molecule has 0 heterocycles. The zero-order chi connectivity index (χ0) is 15.5. The van der Waals surface area contributed by atoms with Crippen molar-refractivity contribution >= 4 is 8.40 Å². The molecule has 2 atom stereocenters. The second-order valence-electron chi connectivity index (χ2n) is 4.65. The van der Waals surface area contributed by atoms with E-state index in [4.69, 9.17) is 0 Å². The van der Waals surface area contributed by atoms with E-state index >= 15 is 0 Å². The summed E-state index contributed by atoms with van der Waals surface area (Å²) in [7, 11) is -5.87. The van der Waals surface area contributed by atoms with Gasteiger partial charge in [-0.3, -0.25) is 0 Å². The van der Waals surface area contributed by atoms with Crippen LogP contribution in [0.1, 0.15) is 40.5 Å².